The molecule has 3 aromatic rings. The van der Waals surface area contributed by atoms with E-state index in [0.29, 0.717) is 23.3 Å². The number of nitrogens with zero attached hydrogens (tertiary/aromatic N) is 3. The van der Waals surface area contributed by atoms with Crippen LogP contribution in [0.15, 0.2) is 58.3 Å². The van der Waals surface area contributed by atoms with Gasteiger partial charge in [-0.3, -0.25) is 9.36 Å². The van der Waals surface area contributed by atoms with Crippen molar-refractivity contribution in [2.75, 3.05) is 0 Å². The first-order valence-corrected chi connectivity index (χ1v) is 7.93. The number of furan rings is 1. The van der Waals surface area contributed by atoms with Gasteiger partial charge in [0.25, 0.3) is 0 Å². The van der Waals surface area contributed by atoms with Crippen LogP contribution in [0.2, 0.25) is 0 Å². The van der Waals surface area contributed by atoms with Gasteiger partial charge in [0.15, 0.2) is 10.9 Å². The van der Waals surface area contributed by atoms with E-state index >= 15 is 0 Å². The van der Waals surface area contributed by atoms with Crippen molar-refractivity contribution in [1.29, 1.82) is 0 Å². The average molecular weight is 329 g/mol. The smallest absolute Gasteiger partial charge is 0.316 e. The number of hydrogen-bond donors (Lipinski definition) is 1. The number of carboxylic acids is 1. The molecule has 0 aliphatic carbocycles. The molecule has 7 heteroatoms. The molecule has 0 fully saturated rings. The first-order valence-electron chi connectivity index (χ1n) is 7.05. The molecule has 0 aliphatic heterocycles. The van der Waals surface area contributed by atoms with Crippen LogP contribution in [0.1, 0.15) is 12.5 Å². The highest BCUT2D eigenvalue weighted by molar-refractivity contribution is 8.00. The van der Waals surface area contributed by atoms with Crippen molar-refractivity contribution in [2.24, 2.45) is 0 Å². The van der Waals surface area contributed by atoms with Crippen molar-refractivity contribution < 1.29 is 14.3 Å². The van der Waals surface area contributed by atoms with Crippen LogP contribution in [-0.4, -0.2) is 31.1 Å². The molecule has 0 radical (unpaired) electrons. The number of carbonyl (C=O) groups is 1. The van der Waals surface area contributed by atoms with E-state index in [4.69, 9.17) is 9.52 Å². The summed E-state index contributed by atoms with van der Waals surface area (Å²) in [5.74, 6) is 0.297. The van der Waals surface area contributed by atoms with Crippen molar-refractivity contribution in [2.45, 2.75) is 23.9 Å². The van der Waals surface area contributed by atoms with Gasteiger partial charge in [0, 0.05) is 0 Å². The summed E-state index contributed by atoms with van der Waals surface area (Å²) < 4.78 is 7.29. The normalized spacial score (nSPS) is 12.2. The summed E-state index contributed by atoms with van der Waals surface area (Å²) in [7, 11) is 0. The minimum absolute atomic E-state index is 0.540. The number of hydrogen-bond acceptors (Lipinski definition) is 5. The minimum atomic E-state index is -0.885. The fourth-order valence-electron chi connectivity index (χ4n) is 2.08. The maximum atomic E-state index is 11.1. The molecule has 6 nitrogen and oxygen atoms in total. The molecule has 0 unspecified atom stereocenters. The van der Waals surface area contributed by atoms with E-state index in [1.54, 1.807) is 25.3 Å². The van der Waals surface area contributed by atoms with Gasteiger partial charge in [0.1, 0.15) is 5.25 Å². The Morgan fingerprint density at radius 2 is 2.04 bits per heavy atom. The first-order chi connectivity index (χ1) is 11.1. The molecule has 118 valence electrons. The third-order valence-corrected chi connectivity index (χ3v) is 4.34. The molecular weight excluding hydrogens is 314 g/mol. The third-order valence-electron chi connectivity index (χ3n) is 3.27. The van der Waals surface area contributed by atoms with E-state index in [9.17, 15) is 4.79 Å². The van der Waals surface area contributed by atoms with Gasteiger partial charge in [-0.2, -0.15) is 0 Å². The largest absolute Gasteiger partial charge is 0.480 e. The van der Waals surface area contributed by atoms with Gasteiger partial charge in [-0.1, -0.05) is 42.1 Å². The Morgan fingerprint density at radius 3 is 2.70 bits per heavy atom. The van der Waals surface area contributed by atoms with Gasteiger partial charge in [0.05, 0.1) is 12.8 Å². The Hall–Kier alpha value is -2.54. The van der Waals surface area contributed by atoms with Crippen molar-refractivity contribution in [3.63, 3.8) is 0 Å². The number of rotatable bonds is 6. The third kappa shape index (κ3) is 3.45. The van der Waals surface area contributed by atoms with Gasteiger partial charge in [0.2, 0.25) is 5.82 Å². The number of carboxylic acid groups (broad SMARTS) is 1. The fourth-order valence-corrected chi connectivity index (χ4v) is 2.86. The predicted molar refractivity (Wildman–Crippen MR) is 86.2 cm³/mol. The molecule has 2 aromatic heterocycles. The molecule has 1 N–H and O–H groups in total. The van der Waals surface area contributed by atoms with Crippen LogP contribution in [-0.2, 0) is 11.3 Å². The molecule has 0 amide bonds. The van der Waals surface area contributed by atoms with Crippen LogP contribution in [0.5, 0.6) is 0 Å². The molecule has 3 rings (SSSR count). The first kappa shape index (κ1) is 15.4. The van der Waals surface area contributed by atoms with Crippen molar-refractivity contribution in [3.05, 3.63) is 54.3 Å². The summed E-state index contributed by atoms with van der Waals surface area (Å²) in [5.41, 5.74) is 1.07. The van der Waals surface area contributed by atoms with E-state index in [-0.39, 0.29) is 0 Å². The minimum Gasteiger partial charge on any atom is -0.480 e. The summed E-state index contributed by atoms with van der Waals surface area (Å²) in [6.07, 6.45) is 1.57. The quantitative estimate of drug-likeness (QED) is 0.700. The summed E-state index contributed by atoms with van der Waals surface area (Å²) in [6.45, 7) is 2.17. The standard InChI is InChI=1S/C16H15N3O3S/c1-11(15(20)21)23-16-18-17-14(13-8-5-9-22-13)19(16)10-12-6-3-2-4-7-12/h2-9,11H,10H2,1H3,(H,20,21)/t11-/m1/s1. The lowest BCUT2D eigenvalue weighted by Crippen LogP contribution is -2.13. The summed E-state index contributed by atoms with van der Waals surface area (Å²) in [4.78, 5) is 11.1. The topological polar surface area (TPSA) is 81.2 Å². The molecule has 0 spiro atoms. The van der Waals surface area contributed by atoms with Crippen LogP contribution < -0.4 is 0 Å². The number of aliphatic carboxylic acids is 1. The Kier molecular flexibility index (Phi) is 4.47. The van der Waals surface area contributed by atoms with Gasteiger partial charge < -0.3 is 9.52 Å². The van der Waals surface area contributed by atoms with E-state index in [2.05, 4.69) is 10.2 Å². The van der Waals surface area contributed by atoms with E-state index in [1.807, 2.05) is 34.9 Å². The monoisotopic (exact) mass is 329 g/mol. The highest BCUT2D eigenvalue weighted by Gasteiger charge is 2.21. The lowest BCUT2D eigenvalue weighted by atomic mass is 10.2. The Morgan fingerprint density at radius 1 is 1.26 bits per heavy atom. The van der Waals surface area contributed by atoms with Crippen LogP contribution >= 0.6 is 11.8 Å². The van der Waals surface area contributed by atoms with Gasteiger partial charge >= 0.3 is 5.97 Å². The van der Waals surface area contributed by atoms with Crippen molar-refractivity contribution in [1.82, 2.24) is 14.8 Å². The summed E-state index contributed by atoms with van der Waals surface area (Å²) in [6, 6.07) is 13.5. The number of thioether (sulfide) groups is 1. The molecule has 0 saturated carbocycles. The molecule has 0 aliphatic rings. The molecule has 0 saturated heterocycles. The van der Waals surface area contributed by atoms with Crippen LogP contribution in [0, 0.1) is 0 Å². The number of aromatic nitrogens is 3. The molecule has 23 heavy (non-hydrogen) atoms. The molecule has 2 heterocycles. The molecule has 1 atom stereocenters. The maximum Gasteiger partial charge on any atom is 0.316 e. The Balaban J connectivity index is 1.98. The van der Waals surface area contributed by atoms with Gasteiger partial charge in [-0.25, -0.2) is 0 Å². The highest BCUT2D eigenvalue weighted by Crippen LogP contribution is 2.28. The predicted octanol–water partition coefficient (Wildman–Crippen LogP) is 3.15. The zero-order valence-electron chi connectivity index (χ0n) is 12.4. The lowest BCUT2D eigenvalue weighted by molar-refractivity contribution is -0.136. The SMILES string of the molecule is C[C@@H](Sc1nnc(-c2ccco2)n1Cc1ccccc1)C(=O)O. The van der Waals surface area contributed by atoms with Crippen molar-refractivity contribution >= 4 is 17.7 Å². The van der Waals surface area contributed by atoms with E-state index in [0.717, 1.165) is 17.3 Å². The molecular formula is C16H15N3O3S. The second kappa shape index (κ2) is 6.70. The fraction of sp³-hybridized carbons (Fsp3) is 0.188. The van der Waals surface area contributed by atoms with Crippen molar-refractivity contribution in [3.8, 4) is 11.6 Å². The van der Waals surface area contributed by atoms with E-state index in [1.165, 1.54) is 0 Å². The highest BCUT2D eigenvalue weighted by atomic mass is 32.2. The second-order valence-electron chi connectivity index (χ2n) is 4.95. The average Bonchev–Trinajstić information content (AvgIpc) is 3.19. The van der Waals surface area contributed by atoms with Crippen LogP contribution in [0.25, 0.3) is 11.6 Å². The van der Waals surface area contributed by atoms with Crippen LogP contribution in [0.4, 0.5) is 0 Å². The molecule has 1 aromatic carbocycles. The summed E-state index contributed by atoms with van der Waals surface area (Å²) in [5, 5.41) is 17.4. The lowest BCUT2D eigenvalue weighted by Gasteiger charge is -2.10. The number of benzene rings is 1. The Bertz CT molecular complexity index is 784. The molecule has 0 bridgehead atoms. The Labute approximate surface area is 137 Å². The van der Waals surface area contributed by atoms with E-state index < -0.39 is 11.2 Å². The zero-order chi connectivity index (χ0) is 16.2. The summed E-state index contributed by atoms with van der Waals surface area (Å²) >= 11 is 1.16. The van der Waals surface area contributed by atoms with Crippen LogP contribution in [0.3, 0.4) is 0 Å². The van der Waals surface area contributed by atoms with Gasteiger partial charge in [-0.05, 0) is 24.6 Å². The maximum absolute atomic E-state index is 11.1. The second-order valence-corrected chi connectivity index (χ2v) is 6.26. The van der Waals surface area contributed by atoms with Gasteiger partial charge in [-0.15, -0.1) is 10.2 Å². The zero-order valence-corrected chi connectivity index (χ0v) is 13.2.